The number of H-pyrrole nitrogens is 1. The summed E-state index contributed by atoms with van der Waals surface area (Å²) >= 11 is 0. The minimum absolute atomic E-state index is 0.110. The third-order valence-corrected chi connectivity index (χ3v) is 4.38. The molecule has 0 saturated carbocycles. The van der Waals surface area contributed by atoms with Gasteiger partial charge in [0.25, 0.3) is 0 Å². The third kappa shape index (κ3) is 3.55. The number of hydrogen-bond donors (Lipinski definition) is 2. The van der Waals surface area contributed by atoms with Gasteiger partial charge in [-0.1, -0.05) is 12.1 Å². The maximum atomic E-state index is 12.1. The number of Topliss-reactive ketones (excluding diaryl/α,β-unsaturated/α-hetero) is 1. The Hall–Kier alpha value is -1.92. The number of hydrogen-bond acceptors (Lipinski definition) is 3. The highest BCUT2D eigenvalue weighted by Gasteiger charge is 2.14. The Morgan fingerprint density at radius 1 is 1.30 bits per heavy atom. The molecular weight excluding hydrogens is 276 g/mol. The third-order valence-electron chi connectivity index (χ3n) is 2.92. The maximum absolute atomic E-state index is 12.1. The van der Waals surface area contributed by atoms with Crippen LogP contribution in [-0.2, 0) is 16.4 Å². The summed E-state index contributed by atoms with van der Waals surface area (Å²) in [5.41, 5.74) is 1.42. The Bertz CT molecular complexity index is 691. The quantitative estimate of drug-likeness (QED) is 0.796. The number of benzene rings is 1. The van der Waals surface area contributed by atoms with Gasteiger partial charge in [-0.3, -0.25) is 4.79 Å². The second-order valence-corrected chi connectivity index (χ2v) is 6.22. The lowest BCUT2D eigenvalue weighted by molar-refractivity contribution is 0.101. The second kappa shape index (κ2) is 6.02. The molecule has 106 valence electrons. The van der Waals surface area contributed by atoms with Crippen molar-refractivity contribution in [2.24, 2.45) is 0 Å². The molecule has 0 unspecified atom stereocenters. The van der Waals surface area contributed by atoms with Crippen molar-refractivity contribution in [3.63, 3.8) is 0 Å². The van der Waals surface area contributed by atoms with Crippen LogP contribution < -0.4 is 4.72 Å². The van der Waals surface area contributed by atoms with Gasteiger partial charge in [0.1, 0.15) is 0 Å². The number of carbonyl (C=O) groups is 1. The molecule has 1 aromatic heterocycles. The van der Waals surface area contributed by atoms with E-state index >= 15 is 0 Å². The van der Waals surface area contributed by atoms with E-state index in [9.17, 15) is 13.2 Å². The molecule has 0 saturated heterocycles. The number of carbonyl (C=O) groups excluding carboxylic acids is 1. The topological polar surface area (TPSA) is 79.0 Å². The molecule has 5 nitrogen and oxygen atoms in total. The van der Waals surface area contributed by atoms with Crippen LogP contribution in [0.1, 0.15) is 22.8 Å². The van der Waals surface area contributed by atoms with Crippen molar-refractivity contribution in [3.8, 4) is 0 Å². The number of aromatic amines is 1. The zero-order valence-electron chi connectivity index (χ0n) is 11.1. The van der Waals surface area contributed by atoms with Crippen molar-refractivity contribution < 1.29 is 13.2 Å². The van der Waals surface area contributed by atoms with Gasteiger partial charge in [0.05, 0.1) is 4.90 Å². The van der Waals surface area contributed by atoms with E-state index in [2.05, 4.69) is 9.71 Å². The Morgan fingerprint density at radius 2 is 2.10 bits per heavy atom. The fraction of sp³-hybridized carbons (Fsp3) is 0.214. The van der Waals surface area contributed by atoms with Gasteiger partial charge >= 0.3 is 0 Å². The van der Waals surface area contributed by atoms with Crippen LogP contribution in [0, 0.1) is 0 Å². The fourth-order valence-corrected chi connectivity index (χ4v) is 2.89. The fourth-order valence-electron chi connectivity index (χ4n) is 1.81. The normalized spacial score (nSPS) is 11.4. The van der Waals surface area contributed by atoms with Crippen LogP contribution in [-0.4, -0.2) is 25.7 Å². The first-order valence-corrected chi connectivity index (χ1v) is 7.70. The Morgan fingerprint density at radius 3 is 2.75 bits per heavy atom. The summed E-state index contributed by atoms with van der Waals surface area (Å²) in [7, 11) is -3.58. The van der Waals surface area contributed by atoms with Gasteiger partial charge in [-0.05, 0) is 37.1 Å². The lowest BCUT2D eigenvalue weighted by Gasteiger charge is -2.07. The van der Waals surface area contributed by atoms with E-state index in [4.69, 9.17) is 0 Å². The van der Waals surface area contributed by atoms with E-state index < -0.39 is 10.0 Å². The highest BCUT2D eigenvalue weighted by Crippen LogP contribution is 2.12. The van der Waals surface area contributed by atoms with Crippen molar-refractivity contribution >= 4 is 15.8 Å². The van der Waals surface area contributed by atoms with E-state index in [-0.39, 0.29) is 10.7 Å². The highest BCUT2D eigenvalue weighted by molar-refractivity contribution is 7.89. The summed E-state index contributed by atoms with van der Waals surface area (Å²) in [5, 5.41) is 0. The maximum Gasteiger partial charge on any atom is 0.240 e. The van der Waals surface area contributed by atoms with Crippen LogP contribution in [0.15, 0.2) is 47.6 Å². The summed E-state index contributed by atoms with van der Waals surface area (Å²) in [6.45, 7) is 1.72. The Balaban J connectivity index is 2.06. The van der Waals surface area contributed by atoms with Gasteiger partial charge in [-0.15, -0.1) is 0 Å². The molecule has 2 aromatic rings. The number of sulfonamides is 1. The van der Waals surface area contributed by atoms with Crippen LogP contribution in [0.4, 0.5) is 0 Å². The molecule has 2 N–H and O–H groups in total. The van der Waals surface area contributed by atoms with Crippen LogP contribution in [0.2, 0.25) is 0 Å². The summed E-state index contributed by atoms with van der Waals surface area (Å²) in [6, 6.07) is 7.93. The van der Waals surface area contributed by atoms with Crippen molar-refractivity contribution in [1.29, 1.82) is 0 Å². The zero-order chi connectivity index (χ0) is 14.6. The number of nitrogens with one attached hydrogen (secondary N) is 2. The molecule has 0 fully saturated rings. The van der Waals surface area contributed by atoms with E-state index in [0.29, 0.717) is 18.5 Å². The summed E-state index contributed by atoms with van der Waals surface area (Å²) in [4.78, 5) is 14.3. The van der Waals surface area contributed by atoms with Gasteiger partial charge in [0.15, 0.2) is 5.78 Å². The second-order valence-electron chi connectivity index (χ2n) is 4.45. The molecule has 0 spiro atoms. The summed E-state index contributed by atoms with van der Waals surface area (Å²) < 4.78 is 26.7. The smallest absolute Gasteiger partial charge is 0.240 e. The average molecular weight is 292 g/mol. The van der Waals surface area contributed by atoms with Gasteiger partial charge < -0.3 is 4.98 Å². The first kappa shape index (κ1) is 14.5. The van der Waals surface area contributed by atoms with Crippen molar-refractivity contribution in [1.82, 2.24) is 9.71 Å². The van der Waals surface area contributed by atoms with Crippen molar-refractivity contribution in [2.75, 3.05) is 6.54 Å². The number of rotatable bonds is 6. The predicted octanol–water partition coefficient (Wildman–Crippen LogP) is 1.74. The molecule has 0 bridgehead atoms. The first-order valence-electron chi connectivity index (χ1n) is 6.21. The molecular formula is C14H16N2O3S. The van der Waals surface area contributed by atoms with E-state index in [0.717, 1.165) is 5.56 Å². The molecule has 0 aliphatic rings. The molecule has 1 aromatic carbocycles. The zero-order valence-corrected chi connectivity index (χ0v) is 11.9. The molecule has 0 aliphatic carbocycles. The molecule has 6 heteroatoms. The van der Waals surface area contributed by atoms with E-state index in [1.54, 1.807) is 18.3 Å². The van der Waals surface area contributed by atoms with Crippen LogP contribution in [0.3, 0.4) is 0 Å². The average Bonchev–Trinajstić information content (AvgIpc) is 2.92. The highest BCUT2D eigenvalue weighted by atomic mass is 32.2. The summed E-state index contributed by atoms with van der Waals surface area (Å²) in [6.07, 6.45) is 4.22. The van der Waals surface area contributed by atoms with Gasteiger partial charge in [0, 0.05) is 24.5 Å². The standard InChI is InChI=1S/C14H16N2O3S/c1-11(17)13-3-2-4-14(9-13)20(18,19)16-8-6-12-5-7-15-10-12/h2-5,7,9-10,15-16H,6,8H2,1H3. The van der Waals surface area contributed by atoms with E-state index in [1.807, 2.05) is 12.3 Å². The van der Waals surface area contributed by atoms with Crippen LogP contribution >= 0.6 is 0 Å². The molecule has 1 heterocycles. The van der Waals surface area contributed by atoms with Crippen LogP contribution in [0.25, 0.3) is 0 Å². The predicted molar refractivity (Wildman–Crippen MR) is 76.1 cm³/mol. The lowest BCUT2D eigenvalue weighted by atomic mass is 10.2. The number of aromatic nitrogens is 1. The Labute approximate surface area is 118 Å². The molecule has 2 rings (SSSR count). The van der Waals surface area contributed by atoms with E-state index in [1.165, 1.54) is 19.1 Å². The lowest BCUT2D eigenvalue weighted by Crippen LogP contribution is -2.26. The van der Waals surface area contributed by atoms with Gasteiger partial charge in [-0.2, -0.15) is 0 Å². The number of ketones is 1. The molecule has 0 amide bonds. The monoisotopic (exact) mass is 292 g/mol. The minimum atomic E-state index is -3.58. The van der Waals surface area contributed by atoms with Crippen molar-refractivity contribution in [3.05, 3.63) is 53.9 Å². The largest absolute Gasteiger partial charge is 0.367 e. The summed E-state index contributed by atoms with van der Waals surface area (Å²) in [5.74, 6) is -0.158. The molecule has 0 atom stereocenters. The molecule has 0 radical (unpaired) electrons. The first-order chi connectivity index (χ1) is 9.49. The molecule has 0 aliphatic heterocycles. The Kier molecular flexibility index (Phi) is 4.36. The van der Waals surface area contributed by atoms with Crippen molar-refractivity contribution in [2.45, 2.75) is 18.2 Å². The molecule has 20 heavy (non-hydrogen) atoms. The van der Waals surface area contributed by atoms with Gasteiger partial charge in [-0.25, -0.2) is 13.1 Å². The minimum Gasteiger partial charge on any atom is -0.367 e. The van der Waals surface area contributed by atoms with Gasteiger partial charge in [0.2, 0.25) is 10.0 Å². The van der Waals surface area contributed by atoms with Crippen LogP contribution in [0.5, 0.6) is 0 Å². The SMILES string of the molecule is CC(=O)c1cccc(S(=O)(=O)NCCc2cc[nH]c2)c1.